The summed E-state index contributed by atoms with van der Waals surface area (Å²) in [6.07, 6.45) is 0.174. The van der Waals surface area contributed by atoms with E-state index in [2.05, 4.69) is 15.6 Å². The average molecular weight is 392 g/mol. The molecule has 3 aromatic rings. The molecular formula is C17H14ClN3O2S2. The Kier molecular flexibility index (Phi) is 5.80. The van der Waals surface area contributed by atoms with Crippen molar-refractivity contribution in [1.82, 2.24) is 10.3 Å². The van der Waals surface area contributed by atoms with Crippen molar-refractivity contribution in [2.45, 2.75) is 6.42 Å². The summed E-state index contributed by atoms with van der Waals surface area (Å²) in [7, 11) is 0. The van der Waals surface area contributed by atoms with E-state index in [1.807, 2.05) is 22.9 Å². The van der Waals surface area contributed by atoms with Gasteiger partial charge < -0.3 is 10.6 Å². The van der Waals surface area contributed by atoms with Gasteiger partial charge in [0.05, 0.1) is 10.6 Å². The van der Waals surface area contributed by atoms with Gasteiger partial charge in [0.1, 0.15) is 0 Å². The zero-order valence-corrected chi connectivity index (χ0v) is 15.4. The Morgan fingerprint density at radius 3 is 2.64 bits per heavy atom. The van der Waals surface area contributed by atoms with Crippen molar-refractivity contribution in [2.75, 3.05) is 11.9 Å². The standard InChI is InChI=1S/C17H14ClN3O2S2/c18-12-5-3-11(4-6-12)16(23)19-8-7-15(22)21-17-20-13(10-25-17)14-2-1-9-24-14/h1-6,9-10H,7-8H2,(H,19,23)(H,20,21,22). The third-order valence-electron chi connectivity index (χ3n) is 3.27. The van der Waals surface area contributed by atoms with Gasteiger partial charge >= 0.3 is 0 Å². The van der Waals surface area contributed by atoms with Gasteiger partial charge in [-0.25, -0.2) is 4.98 Å². The highest BCUT2D eigenvalue weighted by Gasteiger charge is 2.10. The molecule has 25 heavy (non-hydrogen) atoms. The number of halogens is 1. The summed E-state index contributed by atoms with van der Waals surface area (Å²) in [4.78, 5) is 29.3. The molecule has 0 radical (unpaired) electrons. The average Bonchev–Trinajstić information content (AvgIpc) is 3.26. The predicted octanol–water partition coefficient (Wildman–Crippen LogP) is 4.28. The summed E-state index contributed by atoms with van der Waals surface area (Å²) in [5.74, 6) is -0.429. The molecule has 0 fully saturated rings. The van der Waals surface area contributed by atoms with Crippen molar-refractivity contribution in [3.05, 3.63) is 57.7 Å². The highest BCUT2D eigenvalue weighted by atomic mass is 35.5. The van der Waals surface area contributed by atoms with Gasteiger partial charge in [-0.1, -0.05) is 17.7 Å². The number of rotatable bonds is 6. The molecule has 0 aliphatic carbocycles. The van der Waals surface area contributed by atoms with E-state index < -0.39 is 0 Å². The Bertz CT molecular complexity index is 860. The number of anilines is 1. The van der Waals surface area contributed by atoms with E-state index in [0.29, 0.717) is 15.7 Å². The summed E-state index contributed by atoms with van der Waals surface area (Å²) in [5, 5.41) is 10.5. The Balaban J connectivity index is 1.45. The van der Waals surface area contributed by atoms with Gasteiger partial charge in [-0.05, 0) is 35.7 Å². The summed E-state index contributed by atoms with van der Waals surface area (Å²) in [5.41, 5.74) is 1.36. The Hall–Kier alpha value is -2.22. The van der Waals surface area contributed by atoms with Crippen LogP contribution >= 0.6 is 34.3 Å². The molecule has 2 aromatic heterocycles. The van der Waals surface area contributed by atoms with Crippen LogP contribution in [0.4, 0.5) is 5.13 Å². The van der Waals surface area contributed by atoms with E-state index in [1.165, 1.54) is 11.3 Å². The molecule has 2 heterocycles. The zero-order valence-electron chi connectivity index (χ0n) is 13.0. The van der Waals surface area contributed by atoms with E-state index in [4.69, 9.17) is 11.6 Å². The number of hydrogen-bond acceptors (Lipinski definition) is 5. The second-order valence-electron chi connectivity index (χ2n) is 5.08. The van der Waals surface area contributed by atoms with Crippen LogP contribution in [0.25, 0.3) is 10.6 Å². The lowest BCUT2D eigenvalue weighted by molar-refractivity contribution is -0.116. The molecule has 0 aliphatic heterocycles. The number of aromatic nitrogens is 1. The predicted molar refractivity (Wildman–Crippen MR) is 102 cm³/mol. The van der Waals surface area contributed by atoms with Crippen molar-refractivity contribution in [1.29, 1.82) is 0 Å². The molecule has 8 heteroatoms. The molecule has 0 atom stereocenters. The van der Waals surface area contributed by atoms with Crippen molar-refractivity contribution in [3.63, 3.8) is 0 Å². The third-order valence-corrected chi connectivity index (χ3v) is 5.17. The molecule has 0 unspecified atom stereocenters. The van der Waals surface area contributed by atoms with Crippen LogP contribution in [-0.2, 0) is 4.79 Å². The summed E-state index contributed by atoms with van der Waals surface area (Å²) >= 11 is 8.76. The second-order valence-corrected chi connectivity index (χ2v) is 7.32. The lowest BCUT2D eigenvalue weighted by Gasteiger charge is -2.05. The highest BCUT2D eigenvalue weighted by Crippen LogP contribution is 2.28. The topological polar surface area (TPSA) is 71.1 Å². The lowest BCUT2D eigenvalue weighted by atomic mass is 10.2. The van der Waals surface area contributed by atoms with Gasteiger partial charge in [0, 0.05) is 28.9 Å². The minimum Gasteiger partial charge on any atom is -0.352 e. The number of carbonyl (C=O) groups excluding carboxylic acids is 2. The van der Waals surface area contributed by atoms with Crippen LogP contribution in [0.5, 0.6) is 0 Å². The fourth-order valence-corrected chi connectivity index (χ4v) is 3.66. The van der Waals surface area contributed by atoms with Gasteiger partial charge in [0.15, 0.2) is 5.13 Å². The Morgan fingerprint density at radius 2 is 1.92 bits per heavy atom. The monoisotopic (exact) mass is 391 g/mol. The second kappa shape index (κ2) is 8.24. The van der Waals surface area contributed by atoms with Gasteiger partial charge in [-0.3, -0.25) is 9.59 Å². The fourth-order valence-electron chi connectivity index (χ4n) is 2.04. The number of benzene rings is 1. The number of amides is 2. The van der Waals surface area contributed by atoms with Crippen LogP contribution in [0.15, 0.2) is 47.2 Å². The summed E-state index contributed by atoms with van der Waals surface area (Å²) < 4.78 is 0. The van der Waals surface area contributed by atoms with E-state index in [-0.39, 0.29) is 24.8 Å². The maximum Gasteiger partial charge on any atom is 0.251 e. The smallest absolute Gasteiger partial charge is 0.251 e. The maximum absolute atomic E-state index is 12.0. The number of carbonyl (C=O) groups is 2. The van der Waals surface area contributed by atoms with E-state index >= 15 is 0 Å². The molecular weight excluding hydrogens is 378 g/mol. The minimum absolute atomic E-state index is 0.174. The SMILES string of the molecule is O=C(CCNC(=O)c1ccc(Cl)cc1)Nc1nc(-c2cccs2)cs1. The lowest BCUT2D eigenvalue weighted by Crippen LogP contribution is -2.27. The zero-order chi connectivity index (χ0) is 17.6. The van der Waals surface area contributed by atoms with Crippen LogP contribution < -0.4 is 10.6 Å². The molecule has 2 N–H and O–H groups in total. The van der Waals surface area contributed by atoms with E-state index in [1.54, 1.807) is 35.6 Å². The van der Waals surface area contributed by atoms with Crippen LogP contribution in [0, 0.1) is 0 Å². The van der Waals surface area contributed by atoms with Gasteiger partial charge in [0.2, 0.25) is 5.91 Å². The van der Waals surface area contributed by atoms with Crippen molar-refractivity contribution >= 4 is 51.2 Å². The quantitative estimate of drug-likeness (QED) is 0.658. The number of thiophene rings is 1. The van der Waals surface area contributed by atoms with Crippen LogP contribution in [0.3, 0.4) is 0 Å². The first-order valence-electron chi connectivity index (χ1n) is 7.45. The first-order chi connectivity index (χ1) is 12.1. The molecule has 3 rings (SSSR count). The minimum atomic E-state index is -0.237. The van der Waals surface area contributed by atoms with Gasteiger partial charge in [-0.2, -0.15) is 0 Å². The largest absolute Gasteiger partial charge is 0.352 e. The number of nitrogens with zero attached hydrogens (tertiary/aromatic N) is 1. The van der Waals surface area contributed by atoms with Gasteiger partial charge in [0.25, 0.3) is 5.91 Å². The molecule has 0 saturated heterocycles. The molecule has 0 bridgehead atoms. The Morgan fingerprint density at radius 1 is 1.12 bits per heavy atom. The molecule has 0 aliphatic rings. The van der Waals surface area contributed by atoms with Crippen molar-refractivity contribution in [3.8, 4) is 10.6 Å². The molecule has 1 aromatic carbocycles. The first-order valence-corrected chi connectivity index (χ1v) is 9.58. The maximum atomic E-state index is 12.0. The molecule has 5 nitrogen and oxygen atoms in total. The number of thiazole rings is 1. The number of hydrogen-bond donors (Lipinski definition) is 2. The molecule has 128 valence electrons. The van der Waals surface area contributed by atoms with Crippen LogP contribution in [0.2, 0.25) is 5.02 Å². The van der Waals surface area contributed by atoms with E-state index in [9.17, 15) is 9.59 Å². The summed E-state index contributed by atoms with van der Waals surface area (Å²) in [6, 6.07) is 10.5. The Labute approximate surface area is 157 Å². The van der Waals surface area contributed by atoms with E-state index in [0.717, 1.165) is 10.6 Å². The van der Waals surface area contributed by atoms with Crippen molar-refractivity contribution < 1.29 is 9.59 Å². The third kappa shape index (κ3) is 4.88. The molecule has 2 amide bonds. The van der Waals surface area contributed by atoms with Crippen molar-refractivity contribution in [2.24, 2.45) is 0 Å². The van der Waals surface area contributed by atoms with Crippen LogP contribution in [-0.4, -0.2) is 23.3 Å². The first kappa shape index (κ1) is 17.6. The molecule has 0 saturated carbocycles. The highest BCUT2D eigenvalue weighted by molar-refractivity contribution is 7.16. The normalized spacial score (nSPS) is 10.4. The number of nitrogens with one attached hydrogen (secondary N) is 2. The van der Waals surface area contributed by atoms with Crippen LogP contribution in [0.1, 0.15) is 16.8 Å². The summed E-state index contributed by atoms with van der Waals surface area (Å²) in [6.45, 7) is 0.246. The van der Waals surface area contributed by atoms with Gasteiger partial charge in [-0.15, -0.1) is 22.7 Å². The molecule has 0 spiro atoms. The fraction of sp³-hybridized carbons (Fsp3) is 0.118.